The molecule has 6 heteroatoms. The summed E-state index contributed by atoms with van der Waals surface area (Å²) in [5, 5.41) is 11.1. The van der Waals surface area contributed by atoms with Crippen LogP contribution in [-0.4, -0.2) is 52.2 Å². The lowest BCUT2D eigenvalue weighted by atomic mass is 9.69. The zero-order valence-corrected chi connectivity index (χ0v) is 14.9. The Hall–Kier alpha value is -2.34. The van der Waals surface area contributed by atoms with Crippen molar-refractivity contribution in [1.82, 2.24) is 9.88 Å². The average Bonchev–Trinajstić information content (AvgIpc) is 3.06. The second-order valence-electron chi connectivity index (χ2n) is 7.35. The number of nitrogens with one attached hydrogen (secondary N) is 1. The van der Waals surface area contributed by atoms with Crippen molar-refractivity contribution in [2.45, 2.75) is 44.8 Å². The van der Waals surface area contributed by atoms with E-state index in [1.807, 2.05) is 36.2 Å². The van der Waals surface area contributed by atoms with Crippen molar-refractivity contribution in [2.75, 3.05) is 13.1 Å². The van der Waals surface area contributed by atoms with Crippen LogP contribution in [0.4, 0.5) is 0 Å². The number of nitrogens with zero attached hydrogens (tertiary/aromatic N) is 1. The quantitative estimate of drug-likeness (QED) is 0.821. The molecule has 0 saturated carbocycles. The van der Waals surface area contributed by atoms with E-state index in [1.165, 1.54) is 10.9 Å². The molecule has 1 amide bonds. The van der Waals surface area contributed by atoms with Crippen LogP contribution in [0.15, 0.2) is 30.5 Å². The third-order valence-corrected chi connectivity index (χ3v) is 6.04. The smallest absolute Gasteiger partial charge is 0.335 e. The molecular weight excluding hydrogens is 332 g/mol. The lowest BCUT2D eigenvalue weighted by Gasteiger charge is -2.49. The molecule has 0 spiro atoms. The minimum absolute atomic E-state index is 0.00245. The predicted molar refractivity (Wildman–Crippen MR) is 96.4 cm³/mol. The second kappa shape index (κ2) is 6.43. The molecule has 2 N–H and O–H groups in total. The Bertz CT molecular complexity index is 845. The Kier molecular flexibility index (Phi) is 4.23. The summed E-state index contributed by atoms with van der Waals surface area (Å²) in [5.74, 6) is -0.596. The van der Waals surface area contributed by atoms with Gasteiger partial charge in [-0.1, -0.05) is 25.1 Å². The number of hydrogen-bond acceptors (Lipinski definition) is 4. The number of H-pyrrole nitrogens is 1. The van der Waals surface area contributed by atoms with Crippen LogP contribution in [0.1, 0.15) is 31.7 Å². The van der Waals surface area contributed by atoms with E-state index in [-0.39, 0.29) is 12.3 Å². The highest BCUT2D eigenvalue weighted by Crippen LogP contribution is 2.44. The largest absolute Gasteiger partial charge is 0.459 e. The standard InChI is InChI=1S/C20H24N2O4/c1-2-20-11-16(23)18(24)26-17(20)8-10-22(19(20)25)9-7-13-12-21-15-6-4-3-5-14(13)15/h3-6,12,16-17,21,23H,2,7-11H2,1H3/t16-,17-,20+/m0/s1. The van der Waals surface area contributed by atoms with Crippen LogP contribution in [0.2, 0.25) is 0 Å². The van der Waals surface area contributed by atoms with Gasteiger partial charge in [-0.25, -0.2) is 4.79 Å². The number of rotatable bonds is 4. The summed E-state index contributed by atoms with van der Waals surface area (Å²) in [6.45, 7) is 3.14. The summed E-state index contributed by atoms with van der Waals surface area (Å²) in [6, 6.07) is 8.14. The summed E-state index contributed by atoms with van der Waals surface area (Å²) < 4.78 is 5.38. The van der Waals surface area contributed by atoms with Crippen LogP contribution in [0, 0.1) is 5.41 Å². The van der Waals surface area contributed by atoms with E-state index in [0.29, 0.717) is 25.9 Å². The first-order valence-corrected chi connectivity index (χ1v) is 9.28. The number of para-hydroxylation sites is 1. The number of fused-ring (bicyclic) bond motifs is 2. The molecule has 0 radical (unpaired) electrons. The molecule has 0 unspecified atom stereocenters. The fourth-order valence-corrected chi connectivity index (χ4v) is 4.47. The molecule has 0 aliphatic carbocycles. The van der Waals surface area contributed by atoms with E-state index in [0.717, 1.165) is 11.9 Å². The van der Waals surface area contributed by atoms with Crippen molar-refractivity contribution in [1.29, 1.82) is 0 Å². The topological polar surface area (TPSA) is 82.6 Å². The normalized spacial score (nSPS) is 28.9. The van der Waals surface area contributed by atoms with Gasteiger partial charge in [-0.15, -0.1) is 0 Å². The maximum atomic E-state index is 13.2. The van der Waals surface area contributed by atoms with Crippen LogP contribution in [0.3, 0.4) is 0 Å². The number of piperidine rings is 1. The van der Waals surface area contributed by atoms with Crippen LogP contribution in [-0.2, 0) is 20.7 Å². The zero-order chi connectivity index (χ0) is 18.3. The number of esters is 1. The van der Waals surface area contributed by atoms with Gasteiger partial charge in [0.2, 0.25) is 5.91 Å². The lowest BCUT2D eigenvalue weighted by Crippen LogP contribution is -2.62. The van der Waals surface area contributed by atoms with E-state index in [9.17, 15) is 14.7 Å². The molecule has 2 aromatic rings. The van der Waals surface area contributed by atoms with Crippen molar-refractivity contribution >= 4 is 22.8 Å². The summed E-state index contributed by atoms with van der Waals surface area (Å²) in [5.41, 5.74) is 1.50. The minimum atomic E-state index is -1.20. The first-order valence-electron chi connectivity index (χ1n) is 9.28. The van der Waals surface area contributed by atoms with Crippen molar-refractivity contribution in [3.63, 3.8) is 0 Å². The number of ether oxygens (including phenoxy) is 1. The van der Waals surface area contributed by atoms with E-state index < -0.39 is 23.6 Å². The number of hydrogen-bond donors (Lipinski definition) is 2. The molecule has 3 heterocycles. The van der Waals surface area contributed by atoms with Gasteiger partial charge in [0.15, 0.2) is 6.10 Å². The van der Waals surface area contributed by atoms with Gasteiger partial charge < -0.3 is 19.7 Å². The summed E-state index contributed by atoms with van der Waals surface area (Å²) in [7, 11) is 0. The number of aliphatic hydroxyl groups excluding tert-OH is 1. The number of benzene rings is 1. The Labute approximate surface area is 152 Å². The molecule has 2 aliphatic rings. The fourth-order valence-electron chi connectivity index (χ4n) is 4.47. The molecule has 2 saturated heterocycles. The minimum Gasteiger partial charge on any atom is -0.459 e. The molecule has 138 valence electrons. The first-order chi connectivity index (χ1) is 12.5. The third-order valence-electron chi connectivity index (χ3n) is 6.04. The van der Waals surface area contributed by atoms with E-state index >= 15 is 0 Å². The van der Waals surface area contributed by atoms with Gasteiger partial charge in [-0.2, -0.15) is 0 Å². The van der Waals surface area contributed by atoms with Gasteiger partial charge in [0.1, 0.15) is 6.10 Å². The van der Waals surface area contributed by atoms with E-state index in [1.54, 1.807) is 0 Å². The molecule has 4 rings (SSSR count). The van der Waals surface area contributed by atoms with Gasteiger partial charge in [0, 0.05) is 43.0 Å². The number of carbonyl (C=O) groups excluding carboxylic acids is 2. The van der Waals surface area contributed by atoms with E-state index in [4.69, 9.17) is 4.74 Å². The molecule has 0 bridgehead atoms. The summed E-state index contributed by atoms with van der Waals surface area (Å²) in [4.78, 5) is 30.0. The number of aromatic nitrogens is 1. The van der Waals surface area contributed by atoms with Crippen LogP contribution < -0.4 is 0 Å². The Morgan fingerprint density at radius 2 is 2.15 bits per heavy atom. The SMILES string of the molecule is CC[C@@]12C[C@H](O)C(=O)O[C@H]1CCN(CCc1c[nH]c3ccccc13)C2=O. The summed E-state index contributed by atoms with van der Waals surface area (Å²) >= 11 is 0. The monoisotopic (exact) mass is 356 g/mol. The van der Waals surface area contributed by atoms with Gasteiger partial charge in [0.05, 0.1) is 5.41 Å². The summed E-state index contributed by atoms with van der Waals surface area (Å²) in [6.07, 6.45) is 2.50. The Morgan fingerprint density at radius 3 is 2.96 bits per heavy atom. The number of carbonyl (C=O) groups is 2. The molecule has 2 aliphatic heterocycles. The highest BCUT2D eigenvalue weighted by Gasteiger charge is 2.56. The Balaban J connectivity index is 1.51. The third kappa shape index (κ3) is 2.60. The van der Waals surface area contributed by atoms with Crippen molar-refractivity contribution in [3.8, 4) is 0 Å². The van der Waals surface area contributed by atoms with Crippen molar-refractivity contribution in [2.24, 2.45) is 5.41 Å². The highest BCUT2D eigenvalue weighted by molar-refractivity contribution is 5.88. The second-order valence-corrected chi connectivity index (χ2v) is 7.35. The number of amides is 1. The van der Waals surface area contributed by atoms with Crippen LogP contribution in [0.5, 0.6) is 0 Å². The lowest BCUT2D eigenvalue weighted by molar-refractivity contribution is -0.198. The van der Waals surface area contributed by atoms with Gasteiger partial charge >= 0.3 is 5.97 Å². The van der Waals surface area contributed by atoms with Gasteiger partial charge in [-0.3, -0.25) is 4.79 Å². The molecule has 1 aromatic heterocycles. The molecule has 6 nitrogen and oxygen atoms in total. The first kappa shape index (κ1) is 17.1. The molecular formula is C20H24N2O4. The van der Waals surface area contributed by atoms with E-state index in [2.05, 4.69) is 11.1 Å². The zero-order valence-electron chi connectivity index (χ0n) is 14.9. The highest BCUT2D eigenvalue weighted by atomic mass is 16.6. The van der Waals surface area contributed by atoms with Crippen LogP contribution >= 0.6 is 0 Å². The van der Waals surface area contributed by atoms with Crippen molar-refractivity contribution < 1.29 is 19.4 Å². The molecule has 1 aromatic carbocycles. The maximum Gasteiger partial charge on any atom is 0.335 e. The molecule has 2 fully saturated rings. The van der Waals surface area contributed by atoms with Gasteiger partial charge in [-0.05, 0) is 24.5 Å². The molecule has 26 heavy (non-hydrogen) atoms. The van der Waals surface area contributed by atoms with Crippen LogP contribution in [0.25, 0.3) is 10.9 Å². The molecule has 3 atom stereocenters. The predicted octanol–water partition coefficient (Wildman–Crippen LogP) is 2.02. The Morgan fingerprint density at radius 1 is 1.35 bits per heavy atom. The van der Waals surface area contributed by atoms with Crippen molar-refractivity contribution in [3.05, 3.63) is 36.0 Å². The number of likely N-dealkylation sites (tertiary alicyclic amines) is 1. The number of aromatic amines is 1. The number of aliphatic hydroxyl groups is 1. The maximum absolute atomic E-state index is 13.2. The van der Waals surface area contributed by atoms with Gasteiger partial charge in [0.25, 0.3) is 0 Å². The average molecular weight is 356 g/mol. The fraction of sp³-hybridized carbons (Fsp3) is 0.500.